The van der Waals surface area contributed by atoms with Crippen molar-refractivity contribution in [2.45, 2.75) is 5.16 Å². The number of furan rings is 2. The van der Waals surface area contributed by atoms with Crippen LogP contribution in [0.25, 0.3) is 22.9 Å². The monoisotopic (exact) mass is 412 g/mol. The van der Waals surface area contributed by atoms with Gasteiger partial charge in [0.05, 0.1) is 29.0 Å². The summed E-state index contributed by atoms with van der Waals surface area (Å²) in [5.41, 5.74) is 1.51. The number of hydrogen-bond donors (Lipinski definition) is 1. The predicted molar refractivity (Wildman–Crippen MR) is 106 cm³/mol. The molecule has 0 saturated heterocycles. The molecule has 3 heterocycles. The minimum Gasteiger partial charge on any atom is -0.463 e. The third-order valence-corrected chi connectivity index (χ3v) is 4.82. The molecule has 0 radical (unpaired) electrons. The molecule has 0 aliphatic carbocycles. The summed E-state index contributed by atoms with van der Waals surface area (Å²) in [7, 11) is 0. The lowest BCUT2D eigenvalue weighted by atomic mass is 10.2. The van der Waals surface area contributed by atoms with Crippen LogP contribution >= 0.6 is 23.4 Å². The molecule has 9 heteroatoms. The Morgan fingerprint density at radius 3 is 2.36 bits per heavy atom. The van der Waals surface area contributed by atoms with Gasteiger partial charge in [-0.25, -0.2) is 4.98 Å². The number of halogens is 1. The Morgan fingerprint density at radius 2 is 1.68 bits per heavy atom. The topological polar surface area (TPSA) is 94.0 Å². The molecule has 1 aromatic carbocycles. The highest BCUT2D eigenvalue weighted by Gasteiger charge is 2.18. The van der Waals surface area contributed by atoms with Gasteiger partial charge in [0.25, 0.3) is 0 Å². The third-order valence-electron chi connectivity index (χ3n) is 3.66. The number of thioether (sulfide) groups is 1. The van der Waals surface area contributed by atoms with Gasteiger partial charge in [-0.3, -0.25) is 4.79 Å². The average Bonchev–Trinajstić information content (AvgIpc) is 3.42. The Bertz CT molecular complexity index is 1080. The first-order valence-corrected chi connectivity index (χ1v) is 9.57. The largest absolute Gasteiger partial charge is 0.463 e. The van der Waals surface area contributed by atoms with Crippen molar-refractivity contribution in [3.05, 3.63) is 66.1 Å². The van der Waals surface area contributed by atoms with Crippen LogP contribution in [0.5, 0.6) is 0 Å². The third kappa shape index (κ3) is 4.08. The molecular weight excluding hydrogens is 400 g/mol. The number of carbonyl (C=O) groups is 1. The number of rotatable bonds is 6. The van der Waals surface area contributed by atoms with Crippen molar-refractivity contribution >= 4 is 35.0 Å². The lowest BCUT2D eigenvalue weighted by molar-refractivity contribution is -0.113. The Morgan fingerprint density at radius 1 is 0.964 bits per heavy atom. The van der Waals surface area contributed by atoms with Crippen molar-refractivity contribution < 1.29 is 13.6 Å². The van der Waals surface area contributed by atoms with E-state index in [9.17, 15) is 4.79 Å². The van der Waals surface area contributed by atoms with Crippen molar-refractivity contribution in [3.8, 4) is 22.9 Å². The van der Waals surface area contributed by atoms with Crippen LogP contribution in [0, 0.1) is 0 Å². The van der Waals surface area contributed by atoms with E-state index in [2.05, 4.69) is 20.5 Å². The summed E-state index contributed by atoms with van der Waals surface area (Å²) in [6.45, 7) is 0. The maximum Gasteiger partial charge on any atom is 0.234 e. The van der Waals surface area contributed by atoms with Crippen LogP contribution in [0.3, 0.4) is 0 Å². The van der Waals surface area contributed by atoms with Gasteiger partial charge in [0, 0.05) is 0 Å². The smallest absolute Gasteiger partial charge is 0.234 e. The van der Waals surface area contributed by atoms with Gasteiger partial charge in [0.15, 0.2) is 17.2 Å². The molecule has 0 fully saturated rings. The van der Waals surface area contributed by atoms with Gasteiger partial charge >= 0.3 is 0 Å². The first-order valence-electron chi connectivity index (χ1n) is 8.20. The molecule has 3 aromatic heterocycles. The van der Waals surface area contributed by atoms with Crippen molar-refractivity contribution in [2.24, 2.45) is 0 Å². The number of nitrogens with zero attached hydrogens (tertiary/aromatic N) is 3. The van der Waals surface area contributed by atoms with Gasteiger partial charge in [-0.1, -0.05) is 35.5 Å². The SMILES string of the molecule is O=C(CSc1nnc(-c2ccco2)c(-c2ccco2)n1)Nc1ccccc1Cl. The molecule has 4 rings (SSSR count). The molecule has 1 amide bonds. The Labute approximate surface area is 169 Å². The zero-order valence-electron chi connectivity index (χ0n) is 14.3. The normalized spacial score (nSPS) is 10.8. The van der Waals surface area contributed by atoms with Gasteiger partial charge in [-0.2, -0.15) is 0 Å². The molecule has 28 heavy (non-hydrogen) atoms. The molecular formula is C19H13ClN4O3S. The summed E-state index contributed by atoms with van der Waals surface area (Å²) >= 11 is 7.21. The fourth-order valence-electron chi connectivity index (χ4n) is 2.42. The zero-order chi connectivity index (χ0) is 19.3. The van der Waals surface area contributed by atoms with Crippen LogP contribution in [0.15, 0.2) is 75.0 Å². The minimum absolute atomic E-state index is 0.102. The molecule has 1 N–H and O–H groups in total. The highest BCUT2D eigenvalue weighted by atomic mass is 35.5. The van der Waals surface area contributed by atoms with Crippen molar-refractivity contribution in [1.82, 2.24) is 15.2 Å². The second kappa shape index (κ2) is 8.28. The number of nitrogens with one attached hydrogen (secondary N) is 1. The van der Waals surface area contributed by atoms with Crippen molar-refractivity contribution in [2.75, 3.05) is 11.1 Å². The Hall–Kier alpha value is -3.10. The van der Waals surface area contributed by atoms with Gasteiger partial charge in [-0.15, -0.1) is 10.2 Å². The molecule has 0 spiro atoms. The average molecular weight is 413 g/mol. The van der Waals surface area contributed by atoms with Crippen LogP contribution in [-0.2, 0) is 4.79 Å². The molecule has 4 aromatic rings. The number of aromatic nitrogens is 3. The molecule has 0 aliphatic rings. The van der Waals surface area contributed by atoms with E-state index in [4.69, 9.17) is 20.4 Å². The lowest BCUT2D eigenvalue weighted by Gasteiger charge is -2.07. The van der Waals surface area contributed by atoms with E-state index in [1.807, 2.05) is 0 Å². The summed E-state index contributed by atoms with van der Waals surface area (Å²) in [6, 6.07) is 14.1. The summed E-state index contributed by atoms with van der Waals surface area (Å²) in [6.07, 6.45) is 3.10. The first kappa shape index (κ1) is 18.3. The Kier molecular flexibility index (Phi) is 5.41. The molecule has 0 bridgehead atoms. The van der Waals surface area contributed by atoms with E-state index in [-0.39, 0.29) is 11.7 Å². The van der Waals surface area contributed by atoms with Crippen LogP contribution in [0.1, 0.15) is 0 Å². The van der Waals surface area contributed by atoms with E-state index < -0.39 is 0 Å². The molecule has 0 atom stereocenters. The van der Waals surface area contributed by atoms with E-state index in [1.54, 1.807) is 61.1 Å². The maximum absolute atomic E-state index is 12.2. The summed E-state index contributed by atoms with van der Waals surface area (Å²) in [5, 5.41) is 11.9. The standard InChI is InChI=1S/C19H13ClN4O3S/c20-12-5-1-2-6-13(12)21-16(25)11-28-19-22-17(14-7-3-9-26-14)18(23-24-19)15-8-4-10-27-15/h1-10H,11H2,(H,21,25). The number of benzene rings is 1. The predicted octanol–water partition coefficient (Wildman–Crippen LogP) is 4.78. The van der Waals surface area contributed by atoms with E-state index in [1.165, 1.54) is 0 Å². The number of amides is 1. The van der Waals surface area contributed by atoms with Crippen LogP contribution in [-0.4, -0.2) is 26.8 Å². The number of anilines is 1. The highest BCUT2D eigenvalue weighted by Crippen LogP contribution is 2.30. The van der Waals surface area contributed by atoms with Crippen LogP contribution < -0.4 is 5.32 Å². The van der Waals surface area contributed by atoms with E-state index in [0.29, 0.717) is 38.8 Å². The van der Waals surface area contributed by atoms with E-state index in [0.717, 1.165) is 11.8 Å². The highest BCUT2D eigenvalue weighted by molar-refractivity contribution is 7.99. The van der Waals surface area contributed by atoms with Crippen LogP contribution in [0.4, 0.5) is 5.69 Å². The second-order valence-corrected chi connectivity index (χ2v) is 6.91. The first-order chi connectivity index (χ1) is 13.7. The zero-order valence-corrected chi connectivity index (χ0v) is 15.9. The Balaban J connectivity index is 1.52. The van der Waals surface area contributed by atoms with Gasteiger partial charge < -0.3 is 14.2 Å². The summed E-state index contributed by atoms with van der Waals surface area (Å²) < 4.78 is 10.9. The fraction of sp³-hybridized carbons (Fsp3) is 0.0526. The molecule has 0 saturated carbocycles. The summed E-state index contributed by atoms with van der Waals surface area (Å²) in [4.78, 5) is 16.7. The van der Waals surface area contributed by atoms with Crippen LogP contribution in [0.2, 0.25) is 5.02 Å². The number of hydrogen-bond acceptors (Lipinski definition) is 7. The molecule has 0 unspecified atom stereocenters. The van der Waals surface area contributed by atoms with Crippen molar-refractivity contribution in [1.29, 1.82) is 0 Å². The van der Waals surface area contributed by atoms with Gasteiger partial charge in [0.1, 0.15) is 5.69 Å². The fourth-order valence-corrected chi connectivity index (χ4v) is 3.19. The van der Waals surface area contributed by atoms with Crippen molar-refractivity contribution in [3.63, 3.8) is 0 Å². The number of carbonyl (C=O) groups excluding carboxylic acids is 1. The molecule has 7 nitrogen and oxygen atoms in total. The lowest BCUT2D eigenvalue weighted by Crippen LogP contribution is -2.14. The van der Waals surface area contributed by atoms with E-state index >= 15 is 0 Å². The van der Waals surface area contributed by atoms with Gasteiger partial charge in [0.2, 0.25) is 11.1 Å². The van der Waals surface area contributed by atoms with Gasteiger partial charge in [-0.05, 0) is 36.4 Å². The quantitative estimate of drug-likeness (QED) is 0.455. The summed E-state index contributed by atoms with van der Waals surface area (Å²) in [5.74, 6) is 0.935. The minimum atomic E-state index is -0.226. The molecule has 0 aliphatic heterocycles. The molecule has 140 valence electrons. The second-order valence-electron chi connectivity index (χ2n) is 5.56. The number of para-hydroxylation sites is 1. The maximum atomic E-state index is 12.2.